The van der Waals surface area contributed by atoms with E-state index in [1.807, 2.05) is 0 Å². The number of rotatable bonds is 8. The molecular weight excluding hydrogens is 416 g/mol. The molecule has 29 heavy (non-hydrogen) atoms. The normalized spacial score (nSPS) is 10.8. The quantitative estimate of drug-likeness (QED) is 0.382. The van der Waals surface area contributed by atoms with Crippen LogP contribution in [0.2, 0.25) is 5.02 Å². The maximum Gasteiger partial charge on any atom is 0.387 e. The Bertz CT molecular complexity index is 1030. The van der Waals surface area contributed by atoms with E-state index in [2.05, 4.69) is 14.9 Å². The monoisotopic (exact) mass is 427 g/mol. The average molecular weight is 428 g/mol. The van der Waals surface area contributed by atoms with E-state index in [-0.39, 0.29) is 46.3 Å². The van der Waals surface area contributed by atoms with Crippen LogP contribution in [-0.2, 0) is 6.61 Å². The average Bonchev–Trinajstić information content (AvgIpc) is 3.15. The Balaban J connectivity index is 1.76. The summed E-state index contributed by atoms with van der Waals surface area (Å²) in [5.74, 6) is 0.0667. The van der Waals surface area contributed by atoms with Gasteiger partial charge in [-0.1, -0.05) is 16.8 Å². The van der Waals surface area contributed by atoms with Crippen LogP contribution in [0, 0.1) is 10.1 Å². The summed E-state index contributed by atoms with van der Waals surface area (Å²) in [5, 5.41) is 15.0. The third-order valence-electron chi connectivity index (χ3n) is 3.57. The van der Waals surface area contributed by atoms with Crippen LogP contribution in [0.5, 0.6) is 17.2 Å². The van der Waals surface area contributed by atoms with Crippen LogP contribution < -0.4 is 14.2 Å². The summed E-state index contributed by atoms with van der Waals surface area (Å²) in [6.45, 7) is -3.24. The van der Waals surface area contributed by atoms with Gasteiger partial charge >= 0.3 is 12.3 Å². The first-order valence-electron chi connectivity index (χ1n) is 7.90. The van der Waals surface area contributed by atoms with Crippen molar-refractivity contribution in [3.05, 3.63) is 57.4 Å². The molecule has 0 spiro atoms. The lowest BCUT2D eigenvalue weighted by molar-refractivity contribution is -0.385. The maximum absolute atomic E-state index is 12.4. The number of benzene rings is 2. The number of nitro groups is 1. The molecule has 0 aliphatic carbocycles. The number of alkyl halides is 2. The molecular formula is C17H12ClF2N3O6. The molecule has 152 valence electrons. The van der Waals surface area contributed by atoms with Crippen LogP contribution in [0.1, 0.15) is 5.89 Å². The van der Waals surface area contributed by atoms with E-state index in [0.29, 0.717) is 5.56 Å². The molecule has 0 unspecified atom stereocenters. The first-order valence-corrected chi connectivity index (χ1v) is 8.27. The summed E-state index contributed by atoms with van der Waals surface area (Å²) < 4.78 is 44.6. The van der Waals surface area contributed by atoms with Gasteiger partial charge in [0, 0.05) is 16.7 Å². The molecule has 1 heterocycles. The van der Waals surface area contributed by atoms with Crippen LogP contribution in [-0.4, -0.2) is 28.8 Å². The Morgan fingerprint density at radius 2 is 1.97 bits per heavy atom. The molecule has 12 heteroatoms. The fourth-order valence-electron chi connectivity index (χ4n) is 2.33. The van der Waals surface area contributed by atoms with E-state index in [9.17, 15) is 18.9 Å². The van der Waals surface area contributed by atoms with Gasteiger partial charge in [-0.2, -0.15) is 13.8 Å². The predicted molar refractivity (Wildman–Crippen MR) is 95.4 cm³/mol. The van der Waals surface area contributed by atoms with Crippen molar-refractivity contribution in [1.82, 2.24) is 10.1 Å². The summed E-state index contributed by atoms with van der Waals surface area (Å²) >= 11 is 5.75. The second-order valence-electron chi connectivity index (χ2n) is 5.41. The highest BCUT2D eigenvalue weighted by molar-refractivity contribution is 6.30. The zero-order chi connectivity index (χ0) is 21.0. The number of nitro benzene ring substituents is 1. The van der Waals surface area contributed by atoms with Crippen molar-refractivity contribution < 1.29 is 32.4 Å². The molecule has 9 nitrogen and oxygen atoms in total. The molecule has 3 rings (SSSR count). The Kier molecular flexibility index (Phi) is 6.07. The summed E-state index contributed by atoms with van der Waals surface area (Å²) in [6.07, 6.45) is 0. The first kappa shape index (κ1) is 20.3. The van der Waals surface area contributed by atoms with Crippen molar-refractivity contribution in [3.63, 3.8) is 0 Å². The van der Waals surface area contributed by atoms with Gasteiger partial charge in [0.25, 0.3) is 5.89 Å². The number of hydrogen-bond acceptors (Lipinski definition) is 8. The number of nitrogens with zero attached hydrogens (tertiary/aromatic N) is 3. The Morgan fingerprint density at radius 3 is 2.66 bits per heavy atom. The molecule has 1 aromatic heterocycles. The topological polar surface area (TPSA) is 110 Å². The molecule has 3 aromatic rings. The molecule has 0 fully saturated rings. The molecule has 0 saturated heterocycles. The molecule has 0 N–H and O–H groups in total. The van der Waals surface area contributed by atoms with Gasteiger partial charge in [0.15, 0.2) is 23.9 Å². The zero-order valence-electron chi connectivity index (χ0n) is 14.7. The Hall–Kier alpha value is -3.47. The highest BCUT2D eigenvalue weighted by atomic mass is 35.5. The summed E-state index contributed by atoms with van der Waals surface area (Å²) in [6, 6.07) is 8.08. The molecule has 0 aliphatic rings. The summed E-state index contributed by atoms with van der Waals surface area (Å²) in [7, 11) is 1.30. The van der Waals surface area contributed by atoms with Gasteiger partial charge in [0.1, 0.15) is 0 Å². The lowest BCUT2D eigenvalue weighted by Crippen LogP contribution is -2.03. The van der Waals surface area contributed by atoms with E-state index in [1.165, 1.54) is 37.4 Å². The van der Waals surface area contributed by atoms with Crippen LogP contribution in [0.15, 0.2) is 40.9 Å². The van der Waals surface area contributed by atoms with Crippen LogP contribution in [0.3, 0.4) is 0 Å². The maximum atomic E-state index is 12.4. The minimum Gasteiger partial charge on any atom is -0.493 e. The van der Waals surface area contributed by atoms with Crippen molar-refractivity contribution in [1.29, 1.82) is 0 Å². The molecule has 0 aliphatic heterocycles. The van der Waals surface area contributed by atoms with Gasteiger partial charge in [-0.25, -0.2) is 0 Å². The van der Waals surface area contributed by atoms with Gasteiger partial charge in [-0.05, 0) is 30.3 Å². The minimum absolute atomic E-state index is 0.0191. The van der Waals surface area contributed by atoms with E-state index >= 15 is 0 Å². The summed E-state index contributed by atoms with van der Waals surface area (Å²) in [4.78, 5) is 14.6. The number of methoxy groups -OCH3 is 1. The van der Waals surface area contributed by atoms with Crippen LogP contribution in [0.4, 0.5) is 14.5 Å². The second-order valence-corrected chi connectivity index (χ2v) is 5.85. The summed E-state index contributed by atoms with van der Waals surface area (Å²) in [5.41, 5.74) is 0.104. The fraction of sp³-hybridized carbons (Fsp3) is 0.176. The largest absolute Gasteiger partial charge is 0.493 e. The van der Waals surface area contributed by atoms with Crippen molar-refractivity contribution in [3.8, 4) is 28.6 Å². The minimum atomic E-state index is -3.00. The van der Waals surface area contributed by atoms with Gasteiger partial charge in [-0.15, -0.1) is 0 Å². The molecule has 0 bridgehead atoms. The smallest absolute Gasteiger partial charge is 0.387 e. The van der Waals surface area contributed by atoms with E-state index in [1.54, 1.807) is 0 Å². The highest BCUT2D eigenvalue weighted by Gasteiger charge is 2.18. The van der Waals surface area contributed by atoms with E-state index in [0.717, 1.165) is 6.07 Å². The lowest BCUT2D eigenvalue weighted by atomic mass is 10.2. The van der Waals surface area contributed by atoms with E-state index < -0.39 is 11.5 Å². The Morgan fingerprint density at radius 1 is 1.21 bits per heavy atom. The van der Waals surface area contributed by atoms with Crippen molar-refractivity contribution in [2.24, 2.45) is 0 Å². The van der Waals surface area contributed by atoms with Crippen LogP contribution >= 0.6 is 11.6 Å². The lowest BCUT2D eigenvalue weighted by Gasteiger charge is -2.10. The van der Waals surface area contributed by atoms with Crippen molar-refractivity contribution in [2.45, 2.75) is 13.2 Å². The van der Waals surface area contributed by atoms with Crippen molar-refractivity contribution in [2.75, 3.05) is 7.11 Å². The fourth-order valence-corrected chi connectivity index (χ4v) is 2.49. The van der Waals surface area contributed by atoms with Crippen molar-refractivity contribution >= 4 is 17.3 Å². The standard InChI is InChI=1S/C17H12ClF2N3O6/c1-26-14-6-9(2-4-13(14)28-17(19)20)16-21-15(29-22-16)8-27-12-5-3-10(18)7-11(12)23(24)25/h2-7,17H,8H2,1H3. The molecule has 0 radical (unpaired) electrons. The number of halogens is 3. The molecule has 0 saturated carbocycles. The Labute approximate surface area is 166 Å². The zero-order valence-corrected chi connectivity index (χ0v) is 15.4. The van der Waals surface area contributed by atoms with E-state index in [4.69, 9.17) is 25.6 Å². The number of hydrogen-bond donors (Lipinski definition) is 0. The van der Waals surface area contributed by atoms with Gasteiger partial charge in [0.2, 0.25) is 5.82 Å². The van der Waals surface area contributed by atoms with Gasteiger partial charge in [-0.3, -0.25) is 10.1 Å². The van der Waals surface area contributed by atoms with Gasteiger partial charge in [0.05, 0.1) is 12.0 Å². The second kappa shape index (κ2) is 8.69. The predicted octanol–water partition coefficient (Wildman–Crippen LogP) is 4.49. The number of ether oxygens (including phenoxy) is 3. The third kappa shape index (κ3) is 4.88. The third-order valence-corrected chi connectivity index (χ3v) is 3.81. The highest BCUT2D eigenvalue weighted by Crippen LogP contribution is 2.33. The molecule has 0 atom stereocenters. The van der Waals surface area contributed by atoms with Gasteiger partial charge < -0.3 is 18.7 Å². The molecule has 0 amide bonds. The SMILES string of the molecule is COc1cc(-c2noc(COc3ccc(Cl)cc3[N+](=O)[O-])n2)ccc1OC(F)F. The molecule has 2 aromatic carbocycles. The van der Waals surface area contributed by atoms with Crippen LogP contribution in [0.25, 0.3) is 11.4 Å². The first-order chi connectivity index (χ1) is 13.9. The number of aromatic nitrogens is 2.